The van der Waals surface area contributed by atoms with Crippen molar-refractivity contribution in [2.45, 2.75) is 24.8 Å². The molecule has 1 atom stereocenters. The van der Waals surface area contributed by atoms with Gasteiger partial charge in [-0.3, -0.25) is 9.59 Å². The van der Waals surface area contributed by atoms with Crippen molar-refractivity contribution in [3.05, 3.63) is 24.3 Å². The van der Waals surface area contributed by atoms with Crippen LogP contribution in [0.1, 0.15) is 13.8 Å². The van der Waals surface area contributed by atoms with Gasteiger partial charge in [-0.15, -0.1) is 0 Å². The minimum atomic E-state index is -3.55. The number of hydrogen-bond acceptors (Lipinski definition) is 4. The zero-order valence-electron chi connectivity index (χ0n) is 15.7. The number of sulfonamides is 1. The van der Waals surface area contributed by atoms with Crippen molar-refractivity contribution >= 4 is 27.5 Å². The zero-order valence-corrected chi connectivity index (χ0v) is 16.5. The van der Waals surface area contributed by atoms with Gasteiger partial charge in [0.25, 0.3) is 5.91 Å². The number of benzene rings is 1. The summed E-state index contributed by atoms with van der Waals surface area (Å²) < 4.78 is 25.6. The fourth-order valence-electron chi connectivity index (χ4n) is 2.92. The molecule has 0 unspecified atom stereocenters. The Kier molecular flexibility index (Phi) is 6.38. The van der Waals surface area contributed by atoms with Crippen LogP contribution >= 0.6 is 0 Å². The SMILES string of the molecule is CC(=O)N1CC[NH+]([C@@H](C)C(=O)Nc2cccc(S(=O)(=O)N(C)C)c2)CC1. The second kappa shape index (κ2) is 8.15. The van der Waals surface area contributed by atoms with E-state index in [9.17, 15) is 18.0 Å². The number of nitrogens with zero attached hydrogens (tertiary/aromatic N) is 2. The smallest absolute Gasteiger partial charge is 0.282 e. The standard InChI is InChI=1S/C17H26N4O4S/c1-13(20-8-10-21(11-9-20)14(2)22)17(23)18-15-6-5-7-16(12-15)26(24,25)19(3)4/h5-7,12-13H,8-11H2,1-4H3,(H,18,23)/p+1/t13-/m0/s1. The fourth-order valence-corrected chi connectivity index (χ4v) is 3.87. The number of carbonyl (C=O) groups excluding carboxylic acids is 2. The van der Waals surface area contributed by atoms with Gasteiger partial charge in [-0.2, -0.15) is 0 Å². The van der Waals surface area contributed by atoms with Crippen LogP contribution in [0.4, 0.5) is 5.69 Å². The van der Waals surface area contributed by atoms with Gasteiger partial charge in [0, 0.05) is 26.7 Å². The summed E-state index contributed by atoms with van der Waals surface area (Å²) in [6.45, 7) is 6.09. The monoisotopic (exact) mass is 383 g/mol. The topological polar surface area (TPSA) is 91.2 Å². The van der Waals surface area contributed by atoms with E-state index in [0.29, 0.717) is 31.9 Å². The predicted molar refractivity (Wildman–Crippen MR) is 98.4 cm³/mol. The van der Waals surface area contributed by atoms with E-state index < -0.39 is 10.0 Å². The summed E-state index contributed by atoms with van der Waals surface area (Å²) in [5.74, 6) is -0.115. The molecule has 0 aliphatic carbocycles. The maximum absolute atomic E-state index is 12.5. The van der Waals surface area contributed by atoms with Gasteiger partial charge in [0.2, 0.25) is 15.9 Å². The van der Waals surface area contributed by atoms with E-state index in [4.69, 9.17) is 0 Å². The molecule has 1 fully saturated rings. The van der Waals surface area contributed by atoms with Crippen LogP contribution in [0.2, 0.25) is 0 Å². The lowest BCUT2D eigenvalue weighted by molar-refractivity contribution is -0.917. The van der Waals surface area contributed by atoms with Gasteiger partial charge < -0.3 is 15.1 Å². The molecule has 1 aromatic rings. The number of piperazine rings is 1. The van der Waals surface area contributed by atoms with E-state index >= 15 is 0 Å². The summed E-state index contributed by atoms with van der Waals surface area (Å²) >= 11 is 0. The first kappa shape index (κ1) is 20.3. The van der Waals surface area contributed by atoms with Crippen LogP contribution in [0.5, 0.6) is 0 Å². The lowest BCUT2D eigenvalue weighted by Crippen LogP contribution is -3.19. The van der Waals surface area contributed by atoms with Gasteiger partial charge in [0.15, 0.2) is 6.04 Å². The molecule has 1 aliphatic rings. The van der Waals surface area contributed by atoms with Crippen LogP contribution in [0.25, 0.3) is 0 Å². The first-order valence-corrected chi connectivity index (χ1v) is 10.0. The highest BCUT2D eigenvalue weighted by atomic mass is 32.2. The number of quaternary nitrogens is 1. The molecule has 2 N–H and O–H groups in total. The molecule has 0 aromatic heterocycles. The summed E-state index contributed by atoms with van der Waals surface area (Å²) in [5.41, 5.74) is 0.451. The predicted octanol–water partition coefficient (Wildman–Crippen LogP) is -0.989. The van der Waals surface area contributed by atoms with Crippen molar-refractivity contribution in [3.63, 3.8) is 0 Å². The number of hydrogen-bond donors (Lipinski definition) is 2. The molecule has 1 aromatic carbocycles. The van der Waals surface area contributed by atoms with E-state index in [2.05, 4.69) is 5.32 Å². The van der Waals surface area contributed by atoms with Gasteiger partial charge in [-0.25, -0.2) is 12.7 Å². The van der Waals surface area contributed by atoms with Gasteiger partial charge in [-0.05, 0) is 25.1 Å². The third kappa shape index (κ3) is 4.60. The van der Waals surface area contributed by atoms with E-state index in [1.165, 1.54) is 26.2 Å². The van der Waals surface area contributed by atoms with Crippen molar-refractivity contribution in [3.8, 4) is 0 Å². The number of anilines is 1. The second-order valence-electron chi connectivity index (χ2n) is 6.69. The number of rotatable bonds is 5. The Morgan fingerprint density at radius 2 is 1.85 bits per heavy atom. The Balaban J connectivity index is 2.03. The lowest BCUT2D eigenvalue weighted by atomic mass is 10.2. The van der Waals surface area contributed by atoms with Gasteiger partial charge in [-0.1, -0.05) is 6.07 Å². The van der Waals surface area contributed by atoms with Crippen LogP contribution in [0, 0.1) is 0 Å². The van der Waals surface area contributed by atoms with Crippen LogP contribution in [0.15, 0.2) is 29.2 Å². The average Bonchev–Trinajstić information content (AvgIpc) is 2.61. The molecule has 0 radical (unpaired) electrons. The Morgan fingerprint density at radius 3 is 2.38 bits per heavy atom. The molecule has 0 spiro atoms. The molecule has 144 valence electrons. The first-order valence-electron chi connectivity index (χ1n) is 8.56. The maximum Gasteiger partial charge on any atom is 0.282 e. The molecule has 2 rings (SSSR count). The molecular formula is C17H27N4O4S+. The summed E-state index contributed by atoms with van der Waals surface area (Å²) in [6.07, 6.45) is 0. The fraction of sp³-hybridized carbons (Fsp3) is 0.529. The van der Waals surface area contributed by atoms with Crippen molar-refractivity contribution in [2.24, 2.45) is 0 Å². The molecule has 1 aliphatic heterocycles. The molecule has 2 amide bonds. The maximum atomic E-state index is 12.5. The zero-order chi connectivity index (χ0) is 19.5. The normalized spacial score (nSPS) is 17.2. The Hall–Kier alpha value is -1.97. The highest BCUT2D eigenvalue weighted by Crippen LogP contribution is 2.18. The van der Waals surface area contributed by atoms with Crippen molar-refractivity contribution in [1.82, 2.24) is 9.21 Å². The Bertz CT molecular complexity index is 771. The quantitative estimate of drug-likeness (QED) is 0.683. The number of nitrogens with one attached hydrogen (secondary N) is 2. The first-order chi connectivity index (χ1) is 12.1. The van der Waals surface area contributed by atoms with Crippen molar-refractivity contribution in [2.75, 3.05) is 45.6 Å². The van der Waals surface area contributed by atoms with Crippen LogP contribution in [0.3, 0.4) is 0 Å². The number of carbonyl (C=O) groups is 2. The minimum absolute atomic E-state index is 0.0556. The molecule has 0 bridgehead atoms. The van der Waals surface area contributed by atoms with Crippen LogP contribution < -0.4 is 10.2 Å². The lowest BCUT2D eigenvalue weighted by Gasteiger charge is -2.34. The Labute approximate surface area is 154 Å². The van der Waals surface area contributed by atoms with Gasteiger partial charge in [0.05, 0.1) is 31.1 Å². The summed E-state index contributed by atoms with van der Waals surface area (Å²) in [7, 11) is -0.621. The third-order valence-corrected chi connectivity index (χ3v) is 6.55. The van der Waals surface area contributed by atoms with Crippen LogP contribution in [-0.4, -0.2) is 75.8 Å². The highest BCUT2D eigenvalue weighted by Gasteiger charge is 2.30. The van der Waals surface area contributed by atoms with E-state index in [1.54, 1.807) is 24.0 Å². The largest absolute Gasteiger partial charge is 0.332 e. The van der Waals surface area contributed by atoms with E-state index in [0.717, 1.165) is 9.21 Å². The molecule has 1 saturated heterocycles. The summed E-state index contributed by atoms with van der Waals surface area (Å²) in [4.78, 5) is 27.0. The average molecular weight is 383 g/mol. The van der Waals surface area contributed by atoms with Crippen LogP contribution in [-0.2, 0) is 19.6 Å². The number of amides is 2. The summed E-state index contributed by atoms with van der Waals surface area (Å²) in [6, 6.07) is 5.94. The van der Waals surface area contributed by atoms with Gasteiger partial charge in [0.1, 0.15) is 0 Å². The highest BCUT2D eigenvalue weighted by molar-refractivity contribution is 7.89. The van der Waals surface area contributed by atoms with E-state index in [1.807, 2.05) is 6.92 Å². The molecule has 9 heteroatoms. The van der Waals surface area contributed by atoms with Crippen molar-refractivity contribution in [1.29, 1.82) is 0 Å². The third-order valence-electron chi connectivity index (χ3n) is 4.74. The Morgan fingerprint density at radius 1 is 1.23 bits per heavy atom. The molecule has 0 saturated carbocycles. The molecule has 26 heavy (non-hydrogen) atoms. The molecule has 1 heterocycles. The minimum Gasteiger partial charge on any atom is -0.332 e. The van der Waals surface area contributed by atoms with E-state index in [-0.39, 0.29) is 22.8 Å². The van der Waals surface area contributed by atoms with Crippen molar-refractivity contribution < 1.29 is 22.9 Å². The van der Waals surface area contributed by atoms with Gasteiger partial charge >= 0.3 is 0 Å². The summed E-state index contributed by atoms with van der Waals surface area (Å²) in [5, 5.41) is 2.80. The molecule has 8 nitrogen and oxygen atoms in total. The second-order valence-corrected chi connectivity index (χ2v) is 8.84. The molecular weight excluding hydrogens is 356 g/mol.